The lowest BCUT2D eigenvalue weighted by Gasteiger charge is -2.38. The number of aliphatic carboxylic acids is 1. The Morgan fingerprint density at radius 3 is 2.52 bits per heavy atom. The van der Waals surface area contributed by atoms with E-state index in [2.05, 4.69) is 41.3 Å². The second-order valence-corrected chi connectivity index (χ2v) is 7.33. The van der Waals surface area contributed by atoms with Crippen molar-refractivity contribution in [3.63, 3.8) is 0 Å². The number of aromatic hydroxyl groups is 1. The summed E-state index contributed by atoms with van der Waals surface area (Å²) in [6.45, 7) is 1.74. The minimum atomic E-state index is -0.955. The van der Waals surface area contributed by atoms with Gasteiger partial charge >= 0.3 is 5.97 Å². The quantitative estimate of drug-likeness (QED) is 0.628. The molecule has 0 saturated heterocycles. The van der Waals surface area contributed by atoms with Crippen LogP contribution in [0.15, 0.2) is 78.9 Å². The van der Waals surface area contributed by atoms with Gasteiger partial charge in [-0.2, -0.15) is 0 Å². The first-order valence-corrected chi connectivity index (χ1v) is 9.71. The molecule has 3 aromatic rings. The summed E-state index contributed by atoms with van der Waals surface area (Å²) in [5.41, 5.74) is 5.65. The second-order valence-electron chi connectivity index (χ2n) is 7.33. The number of carbonyl (C=O) groups is 1. The number of nitrogens with zero attached hydrogens (tertiary/aromatic N) is 1. The van der Waals surface area contributed by atoms with Crippen molar-refractivity contribution in [2.24, 2.45) is 0 Å². The van der Waals surface area contributed by atoms with E-state index in [0.717, 1.165) is 36.7 Å². The highest BCUT2D eigenvalue weighted by Gasteiger charge is 2.29. The molecule has 1 aliphatic heterocycles. The molecule has 1 atom stereocenters. The van der Waals surface area contributed by atoms with Crippen LogP contribution < -0.4 is 0 Å². The molecule has 0 amide bonds. The number of hydrogen-bond acceptors (Lipinski definition) is 3. The van der Waals surface area contributed by atoms with E-state index in [9.17, 15) is 9.90 Å². The van der Waals surface area contributed by atoms with Crippen molar-refractivity contribution >= 4 is 12.0 Å². The first kappa shape index (κ1) is 19.0. The Morgan fingerprint density at radius 2 is 1.79 bits per heavy atom. The van der Waals surface area contributed by atoms with Gasteiger partial charge in [-0.05, 0) is 52.4 Å². The average Bonchev–Trinajstić information content (AvgIpc) is 2.73. The summed E-state index contributed by atoms with van der Waals surface area (Å²) in [4.78, 5) is 13.2. The van der Waals surface area contributed by atoms with Gasteiger partial charge in [-0.1, -0.05) is 60.7 Å². The van der Waals surface area contributed by atoms with E-state index in [1.54, 1.807) is 12.1 Å². The van der Waals surface area contributed by atoms with Crippen molar-refractivity contribution in [2.75, 3.05) is 6.54 Å². The van der Waals surface area contributed by atoms with E-state index in [4.69, 9.17) is 5.11 Å². The molecule has 0 aliphatic carbocycles. The maximum absolute atomic E-state index is 10.8. The smallest absolute Gasteiger partial charge is 0.328 e. The predicted octanol–water partition coefficient (Wildman–Crippen LogP) is 4.64. The van der Waals surface area contributed by atoms with Crippen LogP contribution in [0.5, 0.6) is 5.75 Å². The fraction of sp³-hybridized carbons (Fsp3) is 0.160. The molecule has 0 fully saturated rings. The monoisotopic (exact) mass is 385 g/mol. The highest BCUT2D eigenvalue weighted by atomic mass is 16.4. The normalized spacial score (nSPS) is 16.6. The van der Waals surface area contributed by atoms with E-state index in [-0.39, 0.29) is 6.04 Å². The first-order valence-electron chi connectivity index (χ1n) is 9.71. The largest absolute Gasteiger partial charge is 0.508 e. The summed E-state index contributed by atoms with van der Waals surface area (Å²) in [6, 6.07) is 24.2. The standard InChI is InChI=1S/C25H23NO3/c27-22-11-12-23-21(16-22)14-15-26(17-19-4-2-1-3-5-19)25(23)20-9-6-18(7-10-20)8-13-24(28)29/h1-13,16,25,27H,14-15,17H2,(H,28,29)/b13-8+. The molecule has 4 rings (SSSR count). The van der Waals surface area contributed by atoms with Crippen molar-refractivity contribution in [1.29, 1.82) is 0 Å². The third-order valence-corrected chi connectivity index (χ3v) is 5.35. The Morgan fingerprint density at radius 1 is 1.03 bits per heavy atom. The minimum absolute atomic E-state index is 0.0806. The molecular formula is C25H23NO3. The van der Waals surface area contributed by atoms with Crippen molar-refractivity contribution < 1.29 is 15.0 Å². The number of carboxylic acid groups (broad SMARTS) is 1. The molecule has 1 unspecified atom stereocenters. The molecule has 4 heteroatoms. The van der Waals surface area contributed by atoms with Gasteiger partial charge in [-0.25, -0.2) is 4.79 Å². The Bertz CT molecular complexity index is 1030. The van der Waals surface area contributed by atoms with Crippen molar-refractivity contribution in [1.82, 2.24) is 4.90 Å². The fourth-order valence-corrected chi connectivity index (χ4v) is 4.00. The molecule has 0 saturated carbocycles. The van der Waals surface area contributed by atoms with Crippen LogP contribution in [0, 0.1) is 0 Å². The minimum Gasteiger partial charge on any atom is -0.508 e. The van der Waals surface area contributed by atoms with Gasteiger partial charge in [-0.3, -0.25) is 4.90 Å². The Labute approximate surface area is 170 Å². The van der Waals surface area contributed by atoms with Gasteiger partial charge in [0.1, 0.15) is 5.75 Å². The molecule has 146 valence electrons. The summed E-state index contributed by atoms with van der Waals surface area (Å²) in [5.74, 6) is -0.655. The van der Waals surface area contributed by atoms with Gasteiger partial charge in [-0.15, -0.1) is 0 Å². The van der Waals surface area contributed by atoms with Crippen LogP contribution in [-0.2, 0) is 17.8 Å². The molecule has 1 heterocycles. The van der Waals surface area contributed by atoms with Crippen molar-refractivity contribution in [2.45, 2.75) is 19.0 Å². The van der Waals surface area contributed by atoms with Gasteiger partial charge < -0.3 is 10.2 Å². The lowest BCUT2D eigenvalue weighted by molar-refractivity contribution is -0.131. The molecule has 0 aromatic heterocycles. The molecule has 0 spiro atoms. The Hall–Kier alpha value is -3.37. The van der Waals surface area contributed by atoms with E-state index >= 15 is 0 Å². The van der Waals surface area contributed by atoms with Gasteiger partial charge in [0.2, 0.25) is 0 Å². The van der Waals surface area contributed by atoms with Crippen LogP contribution in [0.25, 0.3) is 6.08 Å². The molecule has 3 aromatic carbocycles. The summed E-state index contributed by atoms with van der Waals surface area (Å²) in [6.07, 6.45) is 3.64. The molecular weight excluding hydrogens is 362 g/mol. The number of benzene rings is 3. The molecule has 4 nitrogen and oxygen atoms in total. The van der Waals surface area contributed by atoms with Gasteiger partial charge in [0, 0.05) is 19.2 Å². The summed E-state index contributed by atoms with van der Waals surface area (Å²) in [7, 11) is 0. The van der Waals surface area contributed by atoms with Gasteiger partial charge in [0.05, 0.1) is 6.04 Å². The zero-order chi connectivity index (χ0) is 20.2. The van der Waals surface area contributed by atoms with Crippen molar-refractivity contribution in [3.05, 3.63) is 107 Å². The number of rotatable bonds is 5. The van der Waals surface area contributed by atoms with E-state index in [0.29, 0.717) is 5.75 Å². The second kappa shape index (κ2) is 8.33. The third kappa shape index (κ3) is 4.39. The summed E-state index contributed by atoms with van der Waals surface area (Å²) >= 11 is 0. The third-order valence-electron chi connectivity index (χ3n) is 5.35. The molecule has 2 N–H and O–H groups in total. The van der Waals surface area contributed by atoms with Crippen LogP contribution in [0.3, 0.4) is 0 Å². The first-order chi connectivity index (χ1) is 14.1. The SMILES string of the molecule is O=C(O)/C=C/c1ccc(C2c3ccc(O)cc3CCN2Cc2ccccc2)cc1. The van der Waals surface area contributed by atoms with E-state index < -0.39 is 5.97 Å². The lowest BCUT2D eigenvalue weighted by Crippen LogP contribution is -2.35. The van der Waals surface area contributed by atoms with Crippen LogP contribution in [-0.4, -0.2) is 27.6 Å². The summed E-state index contributed by atoms with van der Waals surface area (Å²) < 4.78 is 0. The lowest BCUT2D eigenvalue weighted by atomic mass is 9.87. The van der Waals surface area contributed by atoms with E-state index in [1.165, 1.54) is 16.7 Å². The number of fused-ring (bicyclic) bond motifs is 1. The van der Waals surface area contributed by atoms with Crippen molar-refractivity contribution in [3.8, 4) is 5.75 Å². The summed E-state index contributed by atoms with van der Waals surface area (Å²) in [5, 5.41) is 18.7. The zero-order valence-electron chi connectivity index (χ0n) is 16.0. The highest BCUT2D eigenvalue weighted by Crippen LogP contribution is 2.37. The van der Waals surface area contributed by atoms with Crippen LogP contribution in [0.4, 0.5) is 0 Å². The Balaban J connectivity index is 1.69. The highest BCUT2D eigenvalue weighted by molar-refractivity contribution is 5.85. The molecule has 29 heavy (non-hydrogen) atoms. The van der Waals surface area contributed by atoms with Crippen LogP contribution >= 0.6 is 0 Å². The maximum Gasteiger partial charge on any atom is 0.328 e. The molecule has 0 radical (unpaired) electrons. The zero-order valence-corrected chi connectivity index (χ0v) is 16.0. The maximum atomic E-state index is 10.8. The number of hydrogen-bond donors (Lipinski definition) is 2. The Kier molecular flexibility index (Phi) is 5.45. The molecule has 0 bridgehead atoms. The van der Waals surface area contributed by atoms with Gasteiger partial charge in [0.25, 0.3) is 0 Å². The topological polar surface area (TPSA) is 60.8 Å². The van der Waals surface area contributed by atoms with E-state index in [1.807, 2.05) is 30.3 Å². The molecule has 1 aliphatic rings. The van der Waals surface area contributed by atoms with Crippen LogP contribution in [0.1, 0.15) is 33.9 Å². The number of phenolic OH excluding ortho intramolecular Hbond substituents is 1. The fourth-order valence-electron chi connectivity index (χ4n) is 4.00. The number of carboxylic acids is 1. The predicted molar refractivity (Wildman–Crippen MR) is 114 cm³/mol. The van der Waals surface area contributed by atoms with Crippen LogP contribution in [0.2, 0.25) is 0 Å². The van der Waals surface area contributed by atoms with Gasteiger partial charge in [0.15, 0.2) is 0 Å². The average molecular weight is 385 g/mol. The number of phenols is 1.